The second-order valence-corrected chi connectivity index (χ2v) is 5.41. The average Bonchev–Trinajstić information content (AvgIpc) is 2.62. The van der Waals surface area contributed by atoms with Crippen molar-refractivity contribution in [2.24, 2.45) is 0 Å². The molecule has 0 aliphatic heterocycles. The SMILES string of the molecule is COc1cc(Cc2cncc3cc(OC)c(OC)cc23)ccc1O. The molecule has 5 nitrogen and oxygen atoms in total. The van der Waals surface area contributed by atoms with E-state index in [-0.39, 0.29) is 5.75 Å². The standard InChI is InChI=1S/C19H19NO4/c1-22-17-7-12(4-5-16(17)21)6-13-10-20-11-14-8-18(23-2)19(24-3)9-15(13)14/h4-5,7-11,21H,6H2,1-3H3. The molecule has 0 bridgehead atoms. The number of nitrogens with zero attached hydrogens (tertiary/aromatic N) is 1. The first-order chi connectivity index (χ1) is 11.7. The molecule has 0 saturated carbocycles. The smallest absolute Gasteiger partial charge is 0.161 e. The number of hydrogen-bond acceptors (Lipinski definition) is 5. The molecule has 0 aliphatic rings. The molecule has 124 valence electrons. The van der Waals surface area contributed by atoms with Gasteiger partial charge in [-0.05, 0) is 47.2 Å². The Bertz CT molecular complexity index is 877. The summed E-state index contributed by atoms with van der Waals surface area (Å²) < 4.78 is 15.9. The van der Waals surface area contributed by atoms with Gasteiger partial charge in [0.2, 0.25) is 0 Å². The molecule has 0 fully saturated rings. The molecule has 2 aromatic carbocycles. The van der Waals surface area contributed by atoms with E-state index < -0.39 is 0 Å². The zero-order valence-electron chi connectivity index (χ0n) is 13.9. The normalized spacial score (nSPS) is 10.6. The van der Waals surface area contributed by atoms with Crippen molar-refractivity contribution in [1.82, 2.24) is 4.98 Å². The van der Waals surface area contributed by atoms with E-state index in [1.165, 1.54) is 7.11 Å². The highest BCUT2D eigenvalue weighted by Crippen LogP contribution is 2.34. The van der Waals surface area contributed by atoms with E-state index in [4.69, 9.17) is 14.2 Å². The highest BCUT2D eigenvalue weighted by atomic mass is 16.5. The predicted molar refractivity (Wildman–Crippen MR) is 92.3 cm³/mol. The van der Waals surface area contributed by atoms with Gasteiger partial charge < -0.3 is 19.3 Å². The van der Waals surface area contributed by atoms with Crippen LogP contribution in [0.3, 0.4) is 0 Å². The van der Waals surface area contributed by atoms with Crippen molar-refractivity contribution in [3.8, 4) is 23.0 Å². The molecule has 0 unspecified atom stereocenters. The maximum Gasteiger partial charge on any atom is 0.161 e. The topological polar surface area (TPSA) is 60.8 Å². The number of fused-ring (bicyclic) bond motifs is 1. The predicted octanol–water partition coefficient (Wildman–Crippen LogP) is 3.56. The van der Waals surface area contributed by atoms with E-state index in [0.29, 0.717) is 23.7 Å². The van der Waals surface area contributed by atoms with Gasteiger partial charge in [-0.25, -0.2) is 0 Å². The van der Waals surface area contributed by atoms with Crippen LogP contribution in [0.5, 0.6) is 23.0 Å². The van der Waals surface area contributed by atoms with E-state index in [2.05, 4.69) is 4.98 Å². The number of aromatic nitrogens is 1. The van der Waals surface area contributed by atoms with E-state index in [9.17, 15) is 5.11 Å². The fourth-order valence-corrected chi connectivity index (χ4v) is 2.75. The van der Waals surface area contributed by atoms with Crippen molar-refractivity contribution in [2.75, 3.05) is 21.3 Å². The maximum atomic E-state index is 9.73. The Hall–Kier alpha value is -2.95. The number of aromatic hydroxyl groups is 1. The molecule has 3 aromatic rings. The molecular formula is C19H19NO4. The number of phenolic OH excluding ortho intramolecular Hbond substituents is 1. The summed E-state index contributed by atoms with van der Waals surface area (Å²) in [6, 6.07) is 9.22. The Morgan fingerprint density at radius 1 is 0.875 bits per heavy atom. The van der Waals surface area contributed by atoms with Crippen molar-refractivity contribution in [2.45, 2.75) is 6.42 Å². The summed E-state index contributed by atoms with van der Waals surface area (Å²) >= 11 is 0. The van der Waals surface area contributed by atoms with Gasteiger partial charge >= 0.3 is 0 Å². The van der Waals surface area contributed by atoms with Crippen molar-refractivity contribution < 1.29 is 19.3 Å². The number of benzene rings is 2. The van der Waals surface area contributed by atoms with Crippen molar-refractivity contribution in [1.29, 1.82) is 0 Å². The number of hydrogen-bond donors (Lipinski definition) is 1. The molecule has 0 aliphatic carbocycles. The first kappa shape index (κ1) is 15.9. The number of ether oxygens (including phenoxy) is 3. The maximum absolute atomic E-state index is 9.73. The fraction of sp³-hybridized carbons (Fsp3) is 0.211. The summed E-state index contributed by atoms with van der Waals surface area (Å²) in [6.07, 6.45) is 4.31. The lowest BCUT2D eigenvalue weighted by Gasteiger charge is -2.12. The number of pyridine rings is 1. The molecule has 0 atom stereocenters. The average molecular weight is 325 g/mol. The quantitative estimate of drug-likeness (QED) is 0.777. The van der Waals surface area contributed by atoms with Crippen LogP contribution in [-0.2, 0) is 6.42 Å². The van der Waals surface area contributed by atoms with Gasteiger partial charge in [0.15, 0.2) is 23.0 Å². The van der Waals surface area contributed by atoms with Crippen LogP contribution < -0.4 is 14.2 Å². The van der Waals surface area contributed by atoms with Gasteiger partial charge in [-0.3, -0.25) is 4.98 Å². The van der Waals surface area contributed by atoms with Crippen LogP contribution in [-0.4, -0.2) is 31.4 Å². The summed E-state index contributed by atoms with van der Waals surface area (Å²) in [5.74, 6) is 1.94. The molecule has 1 heterocycles. The second kappa shape index (κ2) is 6.66. The third-order valence-corrected chi connectivity index (χ3v) is 3.98. The van der Waals surface area contributed by atoms with Crippen molar-refractivity contribution in [3.05, 3.63) is 53.9 Å². The van der Waals surface area contributed by atoms with Gasteiger partial charge in [-0.15, -0.1) is 0 Å². The molecule has 24 heavy (non-hydrogen) atoms. The molecule has 5 heteroatoms. The third-order valence-electron chi connectivity index (χ3n) is 3.98. The Kier molecular flexibility index (Phi) is 4.42. The molecule has 3 rings (SSSR count). The molecule has 0 saturated heterocycles. The lowest BCUT2D eigenvalue weighted by molar-refractivity contribution is 0.356. The monoisotopic (exact) mass is 325 g/mol. The zero-order valence-corrected chi connectivity index (χ0v) is 13.9. The van der Waals surface area contributed by atoms with Crippen LogP contribution in [0.4, 0.5) is 0 Å². The van der Waals surface area contributed by atoms with Crippen LogP contribution >= 0.6 is 0 Å². The third kappa shape index (κ3) is 2.93. The van der Waals surface area contributed by atoms with Crippen molar-refractivity contribution >= 4 is 10.8 Å². The van der Waals surface area contributed by atoms with Crippen LogP contribution in [0, 0.1) is 0 Å². The van der Waals surface area contributed by atoms with Crippen LogP contribution in [0.1, 0.15) is 11.1 Å². The number of phenols is 1. The molecule has 1 N–H and O–H groups in total. The van der Waals surface area contributed by atoms with E-state index in [1.54, 1.807) is 26.5 Å². The van der Waals surface area contributed by atoms with Gasteiger partial charge in [0.1, 0.15) is 0 Å². The Morgan fingerprint density at radius 2 is 1.58 bits per heavy atom. The van der Waals surface area contributed by atoms with Crippen LogP contribution in [0.2, 0.25) is 0 Å². The first-order valence-electron chi connectivity index (χ1n) is 7.50. The molecule has 0 spiro atoms. The first-order valence-corrected chi connectivity index (χ1v) is 7.50. The van der Waals surface area contributed by atoms with Gasteiger partial charge in [0.25, 0.3) is 0 Å². The Balaban J connectivity index is 2.06. The summed E-state index contributed by atoms with van der Waals surface area (Å²) in [5.41, 5.74) is 2.08. The minimum atomic E-state index is 0.128. The summed E-state index contributed by atoms with van der Waals surface area (Å²) in [4.78, 5) is 4.32. The largest absolute Gasteiger partial charge is 0.504 e. The summed E-state index contributed by atoms with van der Waals surface area (Å²) in [5, 5.41) is 11.8. The molecule has 0 amide bonds. The van der Waals surface area contributed by atoms with Gasteiger partial charge in [0.05, 0.1) is 21.3 Å². The Morgan fingerprint density at radius 3 is 2.29 bits per heavy atom. The molecule has 1 aromatic heterocycles. The number of methoxy groups -OCH3 is 3. The fourth-order valence-electron chi connectivity index (χ4n) is 2.75. The minimum absolute atomic E-state index is 0.128. The van der Waals surface area contributed by atoms with E-state index in [0.717, 1.165) is 21.9 Å². The highest BCUT2D eigenvalue weighted by Gasteiger charge is 2.11. The second-order valence-electron chi connectivity index (χ2n) is 5.41. The van der Waals surface area contributed by atoms with Gasteiger partial charge in [0, 0.05) is 17.8 Å². The van der Waals surface area contributed by atoms with E-state index >= 15 is 0 Å². The Labute approximate surface area is 140 Å². The lowest BCUT2D eigenvalue weighted by atomic mass is 10.00. The highest BCUT2D eigenvalue weighted by molar-refractivity contribution is 5.88. The van der Waals surface area contributed by atoms with Gasteiger partial charge in [-0.2, -0.15) is 0 Å². The molecule has 0 radical (unpaired) electrons. The van der Waals surface area contributed by atoms with Gasteiger partial charge in [-0.1, -0.05) is 6.07 Å². The summed E-state index contributed by atoms with van der Waals surface area (Å²) in [7, 11) is 4.77. The summed E-state index contributed by atoms with van der Waals surface area (Å²) in [6.45, 7) is 0. The lowest BCUT2D eigenvalue weighted by Crippen LogP contribution is -1.95. The minimum Gasteiger partial charge on any atom is -0.504 e. The van der Waals surface area contributed by atoms with Crippen LogP contribution in [0.25, 0.3) is 10.8 Å². The molecular weight excluding hydrogens is 306 g/mol. The van der Waals surface area contributed by atoms with E-state index in [1.807, 2.05) is 30.5 Å². The zero-order chi connectivity index (χ0) is 17.1. The number of rotatable bonds is 5. The van der Waals surface area contributed by atoms with Crippen LogP contribution in [0.15, 0.2) is 42.7 Å². The van der Waals surface area contributed by atoms with Crippen molar-refractivity contribution in [3.63, 3.8) is 0 Å².